The molecule has 0 bridgehead atoms. The van der Waals surface area contributed by atoms with Gasteiger partial charge in [0.2, 0.25) is 0 Å². The first-order valence-corrected chi connectivity index (χ1v) is 6.82. The monoisotopic (exact) mass is 280 g/mol. The number of hydrogen-bond acceptors (Lipinski definition) is 3. The Bertz CT molecular complexity index is 701. The second-order valence-corrected chi connectivity index (χ2v) is 4.93. The third-order valence-corrected chi connectivity index (χ3v) is 3.70. The zero-order valence-corrected chi connectivity index (χ0v) is 12.0. The lowest BCUT2D eigenvalue weighted by atomic mass is 9.93. The summed E-state index contributed by atoms with van der Waals surface area (Å²) in [5.41, 5.74) is 3.37. The molecule has 2 aromatic carbocycles. The molecule has 3 nitrogen and oxygen atoms in total. The number of para-hydroxylation sites is 1. The van der Waals surface area contributed by atoms with Gasteiger partial charge >= 0.3 is 5.97 Å². The molecular weight excluding hydrogens is 264 g/mol. The van der Waals surface area contributed by atoms with Gasteiger partial charge in [-0.25, -0.2) is 4.79 Å². The van der Waals surface area contributed by atoms with Crippen LogP contribution in [0.1, 0.15) is 24.2 Å². The lowest BCUT2D eigenvalue weighted by molar-refractivity contribution is -0.139. The molecule has 0 saturated carbocycles. The van der Waals surface area contributed by atoms with E-state index in [4.69, 9.17) is 9.47 Å². The van der Waals surface area contributed by atoms with Crippen molar-refractivity contribution >= 4 is 11.5 Å². The van der Waals surface area contributed by atoms with Crippen LogP contribution in [0.3, 0.4) is 0 Å². The minimum Gasteiger partial charge on any atom is -0.496 e. The van der Waals surface area contributed by atoms with E-state index < -0.39 is 0 Å². The zero-order valence-electron chi connectivity index (χ0n) is 12.0. The van der Waals surface area contributed by atoms with Crippen LogP contribution in [-0.4, -0.2) is 13.1 Å². The van der Waals surface area contributed by atoms with Crippen molar-refractivity contribution < 1.29 is 14.3 Å². The summed E-state index contributed by atoms with van der Waals surface area (Å²) in [6.45, 7) is 1.80. The largest absolute Gasteiger partial charge is 0.496 e. The van der Waals surface area contributed by atoms with E-state index in [2.05, 4.69) is 0 Å². The number of rotatable bonds is 3. The fraction of sp³-hybridized carbons (Fsp3) is 0.167. The van der Waals surface area contributed by atoms with Gasteiger partial charge in [0.1, 0.15) is 5.75 Å². The first-order valence-electron chi connectivity index (χ1n) is 6.82. The Morgan fingerprint density at radius 2 is 1.67 bits per heavy atom. The number of cyclic esters (lactones) is 1. The summed E-state index contributed by atoms with van der Waals surface area (Å²) in [5, 5.41) is 0. The van der Waals surface area contributed by atoms with E-state index in [0.717, 1.165) is 22.4 Å². The molecular formula is C18H16O3. The predicted molar refractivity (Wildman–Crippen MR) is 80.9 cm³/mol. The van der Waals surface area contributed by atoms with Gasteiger partial charge in [0, 0.05) is 16.7 Å². The summed E-state index contributed by atoms with van der Waals surface area (Å²) in [6.07, 6.45) is -0.380. The van der Waals surface area contributed by atoms with E-state index >= 15 is 0 Å². The van der Waals surface area contributed by atoms with E-state index in [1.54, 1.807) is 14.0 Å². The maximum absolute atomic E-state index is 12.0. The van der Waals surface area contributed by atoms with Gasteiger partial charge in [-0.2, -0.15) is 0 Å². The molecule has 1 aliphatic heterocycles. The molecule has 3 rings (SSSR count). The van der Waals surface area contributed by atoms with Crippen LogP contribution in [0, 0.1) is 0 Å². The van der Waals surface area contributed by atoms with Gasteiger partial charge in [-0.15, -0.1) is 0 Å². The molecule has 1 aliphatic rings. The lowest BCUT2D eigenvalue weighted by Crippen LogP contribution is -2.03. The van der Waals surface area contributed by atoms with Gasteiger partial charge in [0.15, 0.2) is 6.10 Å². The van der Waals surface area contributed by atoms with E-state index in [9.17, 15) is 4.79 Å². The van der Waals surface area contributed by atoms with E-state index in [1.165, 1.54) is 0 Å². The number of ether oxygens (including phenoxy) is 2. The zero-order chi connectivity index (χ0) is 14.8. The van der Waals surface area contributed by atoms with Crippen molar-refractivity contribution in [1.29, 1.82) is 0 Å². The summed E-state index contributed by atoms with van der Waals surface area (Å²) in [4.78, 5) is 12.0. The molecule has 0 unspecified atom stereocenters. The van der Waals surface area contributed by atoms with Crippen LogP contribution in [0.2, 0.25) is 0 Å². The molecule has 0 fully saturated rings. The molecule has 0 saturated heterocycles. The van der Waals surface area contributed by atoms with Crippen LogP contribution in [0.25, 0.3) is 5.57 Å². The van der Waals surface area contributed by atoms with E-state index in [0.29, 0.717) is 5.57 Å². The van der Waals surface area contributed by atoms with Gasteiger partial charge in [0.25, 0.3) is 0 Å². The molecule has 1 heterocycles. The first-order chi connectivity index (χ1) is 10.2. The number of hydrogen-bond donors (Lipinski definition) is 0. The minimum absolute atomic E-state index is 0.273. The number of carbonyl (C=O) groups excluding carboxylic acids is 1. The van der Waals surface area contributed by atoms with Crippen molar-refractivity contribution in [3.63, 3.8) is 0 Å². The highest BCUT2D eigenvalue weighted by Crippen LogP contribution is 2.44. The van der Waals surface area contributed by atoms with Gasteiger partial charge in [-0.05, 0) is 18.6 Å². The summed E-state index contributed by atoms with van der Waals surface area (Å²) < 4.78 is 11.0. The third kappa shape index (κ3) is 2.31. The topological polar surface area (TPSA) is 35.5 Å². The predicted octanol–water partition coefficient (Wildman–Crippen LogP) is 3.77. The van der Waals surface area contributed by atoms with Gasteiger partial charge in [-0.1, -0.05) is 48.5 Å². The van der Waals surface area contributed by atoms with Gasteiger partial charge in [0.05, 0.1) is 7.11 Å². The SMILES string of the molecule is COc1ccccc1C1=C(C)C(=O)O[C@H]1c1ccccc1. The highest BCUT2D eigenvalue weighted by Gasteiger charge is 2.34. The molecule has 0 radical (unpaired) electrons. The van der Waals surface area contributed by atoms with E-state index in [1.807, 2.05) is 54.6 Å². The number of methoxy groups -OCH3 is 1. The summed E-state index contributed by atoms with van der Waals surface area (Å²) in [5.74, 6) is 0.468. The van der Waals surface area contributed by atoms with E-state index in [-0.39, 0.29) is 12.1 Å². The van der Waals surface area contributed by atoms with Crippen LogP contribution in [0.15, 0.2) is 60.2 Å². The van der Waals surface area contributed by atoms with Crippen LogP contribution >= 0.6 is 0 Å². The van der Waals surface area contributed by atoms with Crippen molar-refractivity contribution in [2.75, 3.05) is 7.11 Å². The van der Waals surface area contributed by atoms with Crippen LogP contribution < -0.4 is 4.74 Å². The Hall–Kier alpha value is -2.55. The second kappa shape index (κ2) is 5.44. The highest BCUT2D eigenvalue weighted by atomic mass is 16.5. The molecule has 0 spiro atoms. The molecule has 3 heteroatoms. The van der Waals surface area contributed by atoms with Crippen LogP contribution in [0.4, 0.5) is 0 Å². The fourth-order valence-corrected chi connectivity index (χ4v) is 2.63. The third-order valence-electron chi connectivity index (χ3n) is 3.70. The summed E-state index contributed by atoms with van der Waals surface area (Å²) in [6, 6.07) is 17.4. The Labute approximate surface area is 123 Å². The van der Waals surface area contributed by atoms with Gasteiger partial charge in [-0.3, -0.25) is 0 Å². The maximum Gasteiger partial charge on any atom is 0.335 e. The average Bonchev–Trinajstić information content (AvgIpc) is 2.83. The van der Waals surface area contributed by atoms with Gasteiger partial charge < -0.3 is 9.47 Å². The Morgan fingerprint density at radius 1 is 1.00 bits per heavy atom. The molecule has 0 aromatic heterocycles. The fourth-order valence-electron chi connectivity index (χ4n) is 2.63. The normalized spacial score (nSPS) is 17.8. The van der Waals surface area contributed by atoms with Crippen molar-refractivity contribution in [3.05, 3.63) is 71.3 Å². The lowest BCUT2D eigenvalue weighted by Gasteiger charge is -2.17. The standard InChI is InChI=1S/C18H16O3/c1-12-16(14-10-6-7-11-15(14)20-2)17(21-18(12)19)13-8-4-3-5-9-13/h3-11,17H,1-2H3/t17-/m0/s1. The second-order valence-electron chi connectivity index (χ2n) is 4.93. The first kappa shape index (κ1) is 13.4. The molecule has 0 aliphatic carbocycles. The summed E-state index contributed by atoms with van der Waals surface area (Å²) >= 11 is 0. The van der Waals surface area contributed by atoms with Crippen molar-refractivity contribution in [2.24, 2.45) is 0 Å². The molecule has 1 atom stereocenters. The molecule has 0 amide bonds. The summed E-state index contributed by atoms with van der Waals surface area (Å²) in [7, 11) is 1.63. The number of benzene rings is 2. The number of esters is 1. The molecule has 0 N–H and O–H groups in total. The maximum atomic E-state index is 12.0. The minimum atomic E-state index is -0.380. The number of carbonyl (C=O) groups is 1. The smallest absolute Gasteiger partial charge is 0.335 e. The van der Waals surface area contributed by atoms with Crippen LogP contribution in [-0.2, 0) is 9.53 Å². The molecule has 2 aromatic rings. The molecule has 106 valence electrons. The highest BCUT2D eigenvalue weighted by molar-refractivity contribution is 6.03. The Morgan fingerprint density at radius 3 is 2.38 bits per heavy atom. The average molecular weight is 280 g/mol. The van der Waals surface area contributed by atoms with Crippen molar-refractivity contribution in [3.8, 4) is 5.75 Å². The van der Waals surface area contributed by atoms with Crippen LogP contribution in [0.5, 0.6) is 5.75 Å². The Balaban J connectivity index is 2.14. The van der Waals surface area contributed by atoms with Crippen molar-refractivity contribution in [2.45, 2.75) is 13.0 Å². The quantitative estimate of drug-likeness (QED) is 0.803. The van der Waals surface area contributed by atoms with Crippen molar-refractivity contribution in [1.82, 2.24) is 0 Å². The molecule has 21 heavy (non-hydrogen) atoms. The Kier molecular flexibility index (Phi) is 3.48.